The normalized spacial score (nSPS) is 12.9. The van der Waals surface area contributed by atoms with Crippen LogP contribution in [-0.4, -0.2) is 4.98 Å². The standard InChI is InChI=1S/C56H39N/c1-56(2)49-29-14-13-26-46(49)55-47(28-16-30-50(55)56)54-44-25-12-11-24-43(44)53(45-32-31-39(33-48(45)54)42-27-15-22-36-17-9-10-23-41(36)42)40-34-51(37-18-5-3-6-19-37)57-52(35-40)38-20-7-4-8-21-38/h3-35H,1-2H3. The van der Waals surface area contributed by atoms with Gasteiger partial charge in [-0.05, 0) is 106 Å². The molecule has 1 aliphatic rings. The average Bonchev–Trinajstić information content (AvgIpc) is 3.51. The van der Waals surface area contributed by atoms with Crippen LogP contribution in [-0.2, 0) is 5.41 Å². The van der Waals surface area contributed by atoms with Gasteiger partial charge >= 0.3 is 0 Å². The van der Waals surface area contributed by atoms with Crippen LogP contribution in [0.1, 0.15) is 25.0 Å². The molecule has 1 heterocycles. The lowest BCUT2D eigenvalue weighted by Gasteiger charge is -2.23. The van der Waals surface area contributed by atoms with Crippen molar-refractivity contribution in [3.05, 3.63) is 211 Å². The van der Waals surface area contributed by atoms with Crippen LogP contribution >= 0.6 is 0 Å². The molecule has 0 saturated carbocycles. The summed E-state index contributed by atoms with van der Waals surface area (Å²) < 4.78 is 0. The van der Waals surface area contributed by atoms with Crippen LogP contribution in [0.2, 0.25) is 0 Å². The van der Waals surface area contributed by atoms with Crippen molar-refractivity contribution in [3.63, 3.8) is 0 Å². The quantitative estimate of drug-likeness (QED) is 0.161. The second kappa shape index (κ2) is 13.0. The van der Waals surface area contributed by atoms with Crippen molar-refractivity contribution >= 4 is 32.3 Å². The van der Waals surface area contributed by atoms with Gasteiger partial charge in [0.25, 0.3) is 0 Å². The van der Waals surface area contributed by atoms with Crippen LogP contribution in [0.25, 0.3) is 99.3 Å². The Kier molecular flexibility index (Phi) is 7.59. The lowest BCUT2D eigenvalue weighted by atomic mass is 9.80. The van der Waals surface area contributed by atoms with Gasteiger partial charge in [-0.2, -0.15) is 0 Å². The maximum atomic E-state index is 5.28. The molecule has 1 aliphatic carbocycles. The highest BCUT2D eigenvalue weighted by Gasteiger charge is 2.37. The zero-order valence-corrected chi connectivity index (χ0v) is 32.0. The predicted octanol–water partition coefficient (Wildman–Crippen LogP) is 15.2. The summed E-state index contributed by atoms with van der Waals surface area (Å²) in [4.78, 5) is 5.28. The van der Waals surface area contributed by atoms with E-state index in [-0.39, 0.29) is 5.41 Å². The summed E-state index contributed by atoms with van der Waals surface area (Å²) in [6, 6.07) is 73.3. The van der Waals surface area contributed by atoms with Gasteiger partial charge in [0, 0.05) is 16.5 Å². The van der Waals surface area contributed by atoms with Crippen molar-refractivity contribution in [1.29, 1.82) is 0 Å². The molecular weight excluding hydrogens is 687 g/mol. The molecule has 1 heteroatoms. The summed E-state index contributed by atoms with van der Waals surface area (Å²) >= 11 is 0. The number of hydrogen-bond acceptors (Lipinski definition) is 1. The zero-order chi connectivity index (χ0) is 38.1. The molecule has 0 bridgehead atoms. The molecule has 0 amide bonds. The first kappa shape index (κ1) is 33.3. The molecule has 57 heavy (non-hydrogen) atoms. The monoisotopic (exact) mass is 725 g/mol. The molecule has 0 radical (unpaired) electrons. The molecule has 10 aromatic rings. The lowest BCUT2D eigenvalue weighted by Crippen LogP contribution is -2.14. The fraction of sp³-hybridized carbons (Fsp3) is 0.0536. The highest BCUT2D eigenvalue weighted by Crippen LogP contribution is 2.55. The van der Waals surface area contributed by atoms with Crippen LogP contribution in [0.5, 0.6) is 0 Å². The van der Waals surface area contributed by atoms with E-state index in [4.69, 9.17) is 4.98 Å². The lowest BCUT2D eigenvalue weighted by molar-refractivity contribution is 0.660. The molecule has 0 fully saturated rings. The van der Waals surface area contributed by atoms with Crippen molar-refractivity contribution < 1.29 is 0 Å². The smallest absolute Gasteiger partial charge is 0.0715 e. The molecule has 0 unspecified atom stereocenters. The topological polar surface area (TPSA) is 12.9 Å². The Balaban J connectivity index is 1.28. The Morgan fingerprint density at radius 1 is 0.316 bits per heavy atom. The first-order valence-corrected chi connectivity index (χ1v) is 19.9. The SMILES string of the molecule is CC1(C)c2ccccc2-c2c(-c3c4ccccc4c(-c4cc(-c5ccccc5)nc(-c5ccccc5)c4)c4ccc(-c5cccc6ccccc56)cc34)cccc21. The molecule has 1 nitrogen and oxygen atoms in total. The van der Waals surface area contributed by atoms with E-state index in [1.807, 2.05) is 0 Å². The third-order valence-electron chi connectivity index (χ3n) is 12.3. The van der Waals surface area contributed by atoms with E-state index in [0.29, 0.717) is 0 Å². The van der Waals surface area contributed by atoms with Gasteiger partial charge in [0.05, 0.1) is 11.4 Å². The van der Waals surface area contributed by atoms with Gasteiger partial charge in [-0.25, -0.2) is 4.98 Å². The van der Waals surface area contributed by atoms with Crippen molar-refractivity contribution in [2.45, 2.75) is 19.3 Å². The number of rotatable bonds is 5. The summed E-state index contributed by atoms with van der Waals surface area (Å²) in [5.74, 6) is 0. The summed E-state index contributed by atoms with van der Waals surface area (Å²) in [6.07, 6.45) is 0. The van der Waals surface area contributed by atoms with Gasteiger partial charge in [0.2, 0.25) is 0 Å². The maximum Gasteiger partial charge on any atom is 0.0715 e. The van der Waals surface area contributed by atoms with E-state index >= 15 is 0 Å². The van der Waals surface area contributed by atoms with Crippen molar-refractivity contribution in [1.82, 2.24) is 4.98 Å². The summed E-state index contributed by atoms with van der Waals surface area (Å²) in [5, 5.41) is 7.43. The largest absolute Gasteiger partial charge is 0.248 e. The van der Waals surface area contributed by atoms with E-state index in [1.165, 1.54) is 82.4 Å². The molecule has 0 aliphatic heterocycles. The van der Waals surface area contributed by atoms with E-state index < -0.39 is 0 Å². The zero-order valence-electron chi connectivity index (χ0n) is 32.0. The molecule has 0 N–H and O–H groups in total. The third kappa shape index (κ3) is 5.27. The van der Waals surface area contributed by atoms with Crippen LogP contribution in [0, 0.1) is 0 Å². The molecule has 0 saturated heterocycles. The first-order chi connectivity index (χ1) is 28.0. The minimum Gasteiger partial charge on any atom is -0.248 e. The molecule has 0 spiro atoms. The number of fused-ring (bicyclic) bond motifs is 6. The Bertz CT molecular complexity index is 3130. The van der Waals surface area contributed by atoms with Crippen LogP contribution in [0.15, 0.2) is 200 Å². The highest BCUT2D eigenvalue weighted by atomic mass is 14.7. The van der Waals surface area contributed by atoms with Crippen LogP contribution in [0.4, 0.5) is 0 Å². The number of benzene rings is 9. The molecule has 268 valence electrons. The van der Waals surface area contributed by atoms with Crippen LogP contribution in [0.3, 0.4) is 0 Å². The summed E-state index contributed by atoms with van der Waals surface area (Å²) in [5.41, 5.74) is 16.8. The van der Waals surface area contributed by atoms with Gasteiger partial charge in [-0.15, -0.1) is 0 Å². The summed E-state index contributed by atoms with van der Waals surface area (Å²) in [7, 11) is 0. The first-order valence-electron chi connectivity index (χ1n) is 19.9. The second-order valence-corrected chi connectivity index (χ2v) is 15.8. The Labute approximate surface area is 333 Å². The van der Waals surface area contributed by atoms with Gasteiger partial charge in [0.15, 0.2) is 0 Å². The Morgan fingerprint density at radius 2 is 0.842 bits per heavy atom. The molecule has 11 rings (SSSR count). The molecule has 0 atom stereocenters. The van der Waals surface area contributed by atoms with Gasteiger partial charge in [-0.1, -0.05) is 196 Å². The number of nitrogens with zero attached hydrogens (tertiary/aromatic N) is 1. The fourth-order valence-corrected chi connectivity index (χ4v) is 9.58. The van der Waals surface area contributed by atoms with Crippen molar-refractivity contribution in [3.8, 4) is 67.0 Å². The summed E-state index contributed by atoms with van der Waals surface area (Å²) in [6.45, 7) is 4.74. The maximum absolute atomic E-state index is 5.28. The minimum absolute atomic E-state index is 0.111. The number of hydrogen-bond donors (Lipinski definition) is 0. The van der Waals surface area contributed by atoms with Gasteiger partial charge in [-0.3, -0.25) is 0 Å². The Morgan fingerprint density at radius 3 is 1.58 bits per heavy atom. The van der Waals surface area contributed by atoms with Crippen LogP contribution < -0.4 is 0 Å². The van der Waals surface area contributed by atoms with E-state index in [2.05, 4.69) is 214 Å². The van der Waals surface area contributed by atoms with Gasteiger partial charge in [0.1, 0.15) is 0 Å². The molecule has 9 aromatic carbocycles. The predicted molar refractivity (Wildman–Crippen MR) is 241 cm³/mol. The minimum atomic E-state index is -0.111. The average molecular weight is 726 g/mol. The van der Waals surface area contributed by atoms with E-state index in [0.717, 1.165) is 28.1 Å². The Hall–Kier alpha value is -7.09. The molecule has 1 aromatic heterocycles. The number of aromatic nitrogens is 1. The highest BCUT2D eigenvalue weighted by molar-refractivity contribution is 6.23. The third-order valence-corrected chi connectivity index (χ3v) is 12.3. The second-order valence-electron chi connectivity index (χ2n) is 15.8. The fourth-order valence-electron chi connectivity index (χ4n) is 9.58. The van der Waals surface area contributed by atoms with E-state index in [9.17, 15) is 0 Å². The number of pyridine rings is 1. The van der Waals surface area contributed by atoms with Crippen molar-refractivity contribution in [2.75, 3.05) is 0 Å². The van der Waals surface area contributed by atoms with Crippen molar-refractivity contribution in [2.24, 2.45) is 0 Å². The van der Waals surface area contributed by atoms with Gasteiger partial charge < -0.3 is 0 Å². The molecular formula is C56H39N. The van der Waals surface area contributed by atoms with E-state index in [1.54, 1.807) is 0 Å².